The van der Waals surface area contributed by atoms with E-state index < -0.39 is 5.54 Å². The van der Waals surface area contributed by atoms with Gasteiger partial charge in [-0.05, 0) is 48.2 Å². The van der Waals surface area contributed by atoms with Crippen LogP contribution in [0.2, 0.25) is 0 Å². The Morgan fingerprint density at radius 2 is 1.82 bits per heavy atom. The Kier molecular flexibility index (Phi) is 7.08. The molecule has 1 atom stereocenters. The predicted octanol–water partition coefficient (Wildman–Crippen LogP) is 3.26. The molecule has 2 N–H and O–H groups in total. The van der Waals surface area contributed by atoms with E-state index >= 15 is 0 Å². The van der Waals surface area contributed by atoms with Crippen LogP contribution in [0.3, 0.4) is 0 Å². The minimum Gasteiger partial charge on any atom is -0.381 e. The number of ether oxygens (including phenoxy) is 1. The third-order valence-corrected chi connectivity index (χ3v) is 5.79. The Bertz CT molecular complexity index is 1280. The molecule has 0 fully saturated rings. The lowest BCUT2D eigenvalue weighted by Crippen LogP contribution is -2.49. The van der Waals surface area contributed by atoms with Gasteiger partial charge in [-0.2, -0.15) is 10.2 Å². The van der Waals surface area contributed by atoms with Gasteiger partial charge in [0.2, 0.25) is 5.54 Å². The van der Waals surface area contributed by atoms with Crippen LogP contribution in [0.1, 0.15) is 28.1 Å². The monoisotopic (exact) mass is 457 g/mol. The highest BCUT2D eigenvalue weighted by atomic mass is 16.5. The van der Waals surface area contributed by atoms with Gasteiger partial charge in [0.1, 0.15) is 0 Å². The molecule has 0 saturated carbocycles. The van der Waals surface area contributed by atoms with Gasteiger partial charge < -0.3 is 15.0 Å². The first-order valence-electron chi connectivity index (χ1n) is 11.1. The summed E-state index contributed by atoms with van der Waals surface area (Å²) in [7, 11) is 1.54. The number of rotatable bonds is 9. The number of H-pyrrole nitrogens is 1. The Morgan fingerprint density at radius 3 is 2.53 bits per heavy atom. The van der Waals surface area contributed by atoms with Crippen LogP contribution in [-0.2, 0) is 28.9 Å². The number of aromatic amines is 1. The molecule has 3 aromatic rings. The highest BCUT2D eigenvalue weighted by Crippen LogP contribution is 2.32. The van der Waals surface area contributed by atoms with E-state index in [9.17, 15) is 9.59 Å². The molecule has 2 aromatic heterocycles. The fourth-order valence-electron chi connectivity index (χ4n) is 3.97. The van der Waals surface area contributed by atoms with Crippen molar-refractivity contribution < 1.29 is 9.53 Å². The smallest absolute Gasteiger partial charge is 0.256 e. The summed E-state index contributed by atoms with van der Waals surface area (Å²) in [6.07, 6.45) is 4.31. The van der Waals surface area contributed by atoms with Crippen molar-refractivity contribution in [2.75, 3.05) is 13.7 Å². The second-order valence-corrected chi connectivity index (χ2v) is 8.31. The molecule has 1 aliphatic heterocycles. The van der Waals surface area contributed by atoms with Crippen molar-refractivity contribution in [2.24, 2.45) is 10.2 Å². The highest BCUT2D eigenvalue weighted by Gasteiger charge is 2.45. The number of nitrogens with zero attached hydrogens (tertiary/aromatic N) is 3. The summed E-state index contributed by atoms with van der Waals surface area (Å²) in [6, 6.07) is 17.3. The lowest BCUT2D eigenvalue weighted by Gasteiger charge is -2.26. The molecule has 4 rings (SSSR count). The molecule has 8 nitrogen and oxygen atoms in total. The van der Waals surface area contributed by atoms with E-state index in [1.54, 1.807) is 19.5 Å². The highest BCUT2D eigenvalue weighted by molar-refractivity contribution is 5.91. The summed E-state index contributed by atoms with van der Waals surface area (Å²) in [5.41, 5.74) is 3.88. The Morgan fingerprint density at radius 1 is 1.06 bits per heavy atom. The van der Waals surface area contributed by atoms with Gasteiger partial charge in [-0.3, -0.25) is 14.6 Å². The number of aromatic nitrogens is 2. The maximum absolute atomic E-state index is 13.3. The number of pyridine rings is 2. The summed E-state index contributed by atoms with van der Waals surface area (Å²) >= 11 is 0. The first-order valence-corrected chi connectivity index (χ1v) is 11.1. The van der Waals surface area contributed by atoms with Crippen LogP contribution in [0.5, 0.6) is 0 Å². The largest absolute Gasteiger partial charge is 0.381 e. The minimum atomic E-state index is -1.21. The van der Waals surface area contributed by atoms with Crippen LogP contribution >= 0.6 is 0 Å². The fourth-order valence-corrected chi connectivity index (χ4v) is 3.97. The van der Waals surface area contributed by atoms with Crippen molar-refractivity contribution in [3.63, 3.8) is 0 Å². The number of hydrogen-bond donors (Lipinski definition) is 2. The van der Waals surface area contributed by atoms with Gasteiger partial charge in [-0.15, -0.1) is 0 Å². The van der Waals surface area contributed by atoms with Gasteiger partial charge in [-0.25, -0.2) is 0 Å². The van der Waals surface area contributed by atoms with Crippen LogP contribution in [0.4, 0.5) is 0 Å². The van der Waals surface area contributed by atoms with Crippen molar-refractivity contribution in [3.05, 3.63) is 111 Å². The van der Waals surface area contributed by atoms with Crippen LogP contribution in [0.15, 0.2) is 87.6 Å². The van der Waals surface area contributed by atoms with Crippen LogP contribution in [0, 0.1) is 6.92 Å². The number of carbonyl (C=O) groups excluding carboxylic acids is 1. The number of carbonyl (C=O) groups is 1. The lowest BCUT2D eigenvalue weighted by molar-refractivity contribution is -0.126. The number of aryl methyl sites for hydroxylation is 1. The van der Waals surface area contributed by atoms with Crippen LogP contribution in [-0.4, -0.2) is 35.1 Å². The van der Waals surface area contributed by atoms with E-state index in [-0.39, 0.29) is 18.1 Å². The molecule has 1 aliphatic rings. The third kappa shape index (κ3) is 5.18. The molecule has 0 radical (unpaired) electrons. The molecule has 0 aliphatic carbocycles. The second kappa shape index (κ2) is 10.4. The number of benzene rings is 1. The van der Waals surface area contributed by atoms with Gasteiger partial charge >= 0.3 is 0 Å². The number of nitrogens with one attached hydrogen (secondary N) is 2. The molecule has 3 heterocycles. The summed E-state index contributed by atoms with van der Waals surface area (Å²) in [4.78, 5) is 32.3. The zero-order chi connectivity index (χ0) is 24.0. The zero-order valence-corrected chi connectivity index (χ0v) is 19.2. The molecule has 174 valence electrons. The molecule has 34 heavy (non-hydrogen) atoms. The van der Waals surface area contributed by atoms with Gasteiger partial charge in [0.05, 0.1) is 25.0 Å². The van der Waals surface area contributed by atoms with Gasteiger partial charge in [0.25, 0.3) is 11.5 Å². The molecule has 1 aromatic carbocycles. The number of azo groups is 1. The minimum absolute atomic E-state index is 0.0814. The van der Waals surface area contributed by atoms with E-state index in [1.807, 2.05) is 61.5 Å². The predicted molar refractivity (Wildman–Crippen MR) is 128 cm³/mol. The van der Waals surface area contributed by atoms with Crippen molar-refractivity contribution >= 4 is 5.91 Å². The van der Waals surface area contributed by atoms with E-state index in [1.165, 1.54) is 0 Å². The molecule has 1 unspecified atom stereocenters. The molecule has 8 heteroatoms. The fraction of sp³-hybridized carbons (Fsp3) is 0.269. The lowest BCUT2D eigenvalue weighted by atomic mass is 9.86. The molecular weight excluding hydrogens is 430 g/mol. The molecule has 0 spiro atoms. The third-order valence-electron chi connectivity index (χ3n) is 5.79. The van der Waals surface area contributed by atoms with Crippen LogP contribution < -0.4 is 10.9 Å². The average molecular weight is 458 g/mol. The Balaban J connectivity index is 1.46. The molecule has 0 bridgehead atoms. The van der Waals surface area contributed by atoms with Crippen molar-refractivity contribution in [2.45, 2.75) is 31.8 Å². The van der Waals surface area contributed by atoms with Crippen LogP contribution in [0.25, 0.3) is 0 Å². The topological polar surface area (TPSA) is 109 Å². The second-order valence-electron chi connectivity index (χ2n) is 8.31. The van der Waals surface area contributed by atoms with Gasteiger partial charge in [0, 0.05) is 31.0 Å². The van der Waals surface area contributed by atoms with E-state index in [2.05, 4.69) is 25.5 Å². The molecule has 1 amide bonds. The number of hydrogen-bond acceptors (Lipinski definition) is 6. The summed E-state index contributed by atoms with van der Waals surface area (Å²) < 4.78 is 5.38. The summed E-state index contributed by atoms with van der Waals surface area (Å²) in [5.74, 6) is -0.273. The van der Waals surface area contributed by atoms with Crippen molar-refractivity contribution in [3.8, 4) is 0 Å². The Labute approximate surface area is 197 Å². The molecular formula is C26H27N5O3. The number of amides is 1. The summed E-state index contributed by atoms with van der Waals surface area (Å²) in [6.45, 7) is 2.29. The normalized spacial score (nSPS) is 16.9. The van der Waals surface area contributed by atoms with E-state index in [0.717, 1.165) is 28.1 Å². The van der Waals surface area contributed by atoms with Crippen molar-refractivity contribution in [1.29, 1.82) is 0 Å². The van der Waals surface area contributed by atoms with E-state index in [0.29, 0.717) is 24.9 Å². The zero-order valence-electron chi connectivity index (χ0n) is 19.2. The average Bonchev–Trinajstić information content (AvgIpc) is 3.23. The maximum Gasteiger partial charge on any atom is 0.256 e. The van der Waals surface area contributed by atoms with E-state index in [4.69, 9.17) is 4.74 Å². The van der Waals surface area contributed by atoms with Gasteiger partial charge in [0.15, 0.2) is 0 Å². The quantitative estimate of drug-likeness (QED) is 0.514. The Hall–Kier alpha value is -3.91. The number of methoxy groups -OCH3 is 1. The molecule has 0 saturated heterocycles. The first kappa shape index (κ1) is 23.3. The standard InChI is InChI=1S/C26H27N5O3/c1-18-5-3-7-23(30-18)16-28-25(33)26(17-34-2)22(15-29-31-26)14-20-10-8-19(9-11-20)13-21-6-4-12-27-24(21)32/h3-12,15H,13-14,16-17H2,1-2H3,(H,27,32)(H,28,33). The van der Waals surface area contributed by atoms with Crippen molar-refractivity contribution in [1.82, 2.24) is 15.3 Å². The SMILES string of the molecule is COCC1(C(=O)NCc2cccc(C)n2)N=NC=C1Cc1ccc(Cc2ccc[nH]c2=O)cc1. The maximum atomic E-state index is 13.3. The summed E-state index contributed by atoms with van der Waals surface area (Å²) in [5, 5.41) is 11.3. The first-order chi connectivity index (χ1) is 16.5. The van der Waals surface area contributed by atoms with Gasteiger partial charge in [-0.1, -0.05) is 36.4 Å².